The van der Waals surface area contributed by atoms with E-state index in [2.05, 4.69) is 10.1 Å². The van der Waals surface area contributed by atoms with Crippen molar-refractivity contribution in [1.29, 1.82) is 0 Å². The molecule has 7 nitrogen and oxygen atoms in total. The summed E-state index contributed by atoms with van der Waals surface area (Å²) < 4.78 is 57.9. The van der Waals surface area contributed by atoms with E-state index < -0.39 is 23.4 Å². The van der Waals surface area contributed by atoms with Crippen LogP contribution in [0.3, 0.4) is 0 Å². The Balaban J connectivity index is 1.44. The maximum atomic E-state index is 13.9. The van der Waals surface area contributed by atoms with Crippen LogP contribution in [0.4, 0.5) is 18.0 Å². The van der Waals surface area contributed by atoms with Crippen LogP contribution in [0.25, 0.3) is 11.4 Å². The second-order valence-corrected chi connectivity index (χ2v) is 10.4. The summed E-state index contributed by atoms with van der Waals surface area (Å²) in [7, 11) is 0. The lowest BCUT2D eigenvalue weighted by Gasteiger charge is -2.32. The van der Waals surface area contributed by atoms with E-state index in [9.17, 15) is 18.0 Å². The van der Waals surface area contributed by atoms with Crippen molar-refractivity contribution in [3.05, 3.63) is 65.5 Å². The first-order valence-corrected chi connectivity index (χ1v) is 12.7. The Morgan fingerprint density at radius 3 is 2.61 bits per heavy atom. The number of rotatable bonds is 7. The number of halogens is 3. The number of benzene rings is 2. The third-order valence-corrected chi connectivity index (χ3v) is 6.12. The summed E-state index contributed by atoms with van der Waals surface area (Å²) in [6, 6.07) is 13.5. The Morgan fingerprint density at radius 1 is 1.13 bits per heavy atom. The number of alkyl halides is 3. The maximum absolute atomic E-state index is 13.9. The lowest BCUT2D eigenvalue weighted by molar-refractivity contribution is -0.138. The van der Waals surface area contributed by atoms with E-state index in [-0.39, 0.29) is 35.6 Å². The van der Waals surface area contributed by atoms with Crippen LogP contribution in [-0.4, -0.2) is 46.4 Å². The van der Waals surface area contributed by atoms with Gasteiger partial charge in [0.2, 0.25) is 11.7 Å². The zero-order valence-electron chi connectivity index (χ0n) is 21.8. The Kier molecular flexibility index (Phi) is 8.28. The van der Waals surface area contributed by atoms with Gasteiger partial charge in [0.1, 0.15) is 11.4 Å². The molecule has 1 aliphatic rings. The number of aryl methyl sites for hydroxylation is 1. The molecule has 38 heavy (non-hydrogen) atoms. The predicted molar refractivity (Wildman–Crippen MR) is 135 cm³/mol. The van der Waals surface area contributed by atoms with Gasteiger partial charge in [-0.05, 0) is 70.2 Å². The van der Waals surface area contributed by atoms with E-state index in [4.69, 9.17) is 14.0 Å². The van der Waals surface area contributed by atoms with Gasteiger partial charge in [-0.2, -0.15) is 18.2 Å². The molecule has 204 valence electrons. The molecule has 1 saturated heterocycles. The molecule has 0 aliphatic carbocycles. The van der Waals surface area contributed by atoms with Crippen LogP contribution >= 0.6 is 0 Å². The summed E-state index contributed by atoms with van der Waals surface area (Å²) in [4.78, 5) is 18.4. The zero-order chi connectivity index (χ0) is 27.3. The fraction of sp³-hybridized carbons (Fsp3) is 0.464. The molecule has 1 aliphatic heterocycles. The third-order valence-electron chi connectivity index (χ3n) is 6.12. The SMILES string of the molecule is CC(C)(C)OC(=O)N1CCC[C@@H](c2nc(-c3ccc(OCCCc4ccccc4)c(C(F)(F)F)c3)no2)C1. The Labute approximate surface area is 219 Å². The molecule has 2 aromatic carbocycles. The van der Waals surface area contributed by atoms with Crippen molar-refractivity contribution in [1.82, 2.24) is 15.0 Å². The van der Waals surface area contributed by atoms with E-state index >= 15 is 0 Å². The summed E-state index contributed by atoms with van der Waals surface area (Å²) in [5, 5.41) is 3.92. The molecule has 0 saturated carbocycles. The van der Waals surface area contributed by atoms with E-state index in [1.54, 1.807) is 25.7 Å². The van der Waals surface area contributed by atoms with Crippen LogP contribution < -0.4 is 4.74 Å². The molecular weight excluding hydrogens is 499 g/mol. The van der Waals surface area contributed by atoms with Crippen molar-refractivity contribution in [2.45, 2.75) is 64.1 Å². The average Bonchev–Trinajstić information content (AvgIpc) is 3.36. The van der Waals surface area contributed by atoms with Gasteiger partial charge in [-0.25, -0.2) is 4.79 Å². The number of amides is 1. The van der Waals surface area contributed by atoms with Gasteiger partial charge in [-0.15, -0.1) is 0 Å². The summed E-state index contributed by atoms with van der Waals surface area (Å²) in [6.07, 6.45) is -2.32. The lowest BCUT2D eigenvalue weighted by atomic mass is 9.98. The third kappa shape index (κ3) is 7.26. The Hall–Kier alpha value is -3.56. The van der Waals surface area contributed by atoms with E-state index in [0.717, 1.165) is 18.1 Å². The highest BCUT2D eigenvalue weighted by molar-refractivity contribution is 5.68. The van der Waals surface area contributed by atoms with Gasteiger partial charge in [0.25, 0.3) is 0 Å². The predicted octanol–water partition coefficient (Wildman–Crippen LogP) is 6.88. The largest absolute Gasteiger partial charge is 0.493 e. The van der Waals surface area contributed by atoms with Crippen molar-refractivity contribution in [2.75, 3.05) is 19.7 Å². The standard InChI is InChI=1S/C28H32F3N3O4/c1-27(2,3)37-26(35)34-15-7-12-21(18-34)25-32-24(33-38-25)20-13-14-23(22(17-20)28(29,30)31)36-16-8-11-19-9-5-4-6-10-19/h4-6,9-10,13-14,17,21H,7-8,11-12,15-16,18H2,1-3H3/t21-/m1/s1. The van der Waals surface area contributed by atoms with Gasteiger partial charge < -0.3 is 18.9 Å². The lowest BCUT2D eigenvalue weighted by Crippen LogP contribution is -2.42. The van der Waals surface area contributed by atoms with E-state index in [1.165, 1.54) is 12.1 Å². The second kappa shape index (κ2) is 11.4. The van der Waals surface area contributed by atoms with Gasteiger partial charge in [-0.1, -0.05) is 35.5 Å². The highest BCUT2D eigenvalue weighted by Gasteiger charge is 2.36. The van der Waals surface area contributed by atoms with Gasteiger partial charge in [0, 0.05) is 18.7 Å². The highest BCUT2D eigenvalue weighted by atomic mass is 19.4. The number of carbonyl (C=O) groups excluding carboxylic acids is 1. The van der Waals surface area contributed by atoms with Crippen molar-refractivity contribution in [3.63, 3.8) is 0 Å². The minimum Gasteiger partial charge on any atom is -0.493 e. The molecule has 0 spiro atoms. The number of carbonyl (C=O) groups is 1. The summed E-state index contributed by atoms with van der Waals surface area (Å²) in [6.45, 7) is 6.43. The number of ether oxygens (including phenoxy) is 2. The smallest absolute Gasteiger partial charge is 0.419 e. The number of likely N-dealkylation sites (tertiary alicyclic amines) is 1. The number of piperidine rings is 1. The van der Waals surface area contributed by atoms with Crippen molar-refractivity contribution >= 4 is 6.09 Å². The number of nitrogens with zero attached hydrogens (tertiary/aromatic N) is 3. The number of hydrogen-bond donors (Lipinski definition) is 0. The second-order valence-electron chi connectivity index (χ2n) is 10.4. The topological polar surface area (TPSA) is 77.7 Å². The molecule has 1 amide bonds. The van der Waals surface area contributed by atoms with E-state index in [1.807, 2.05) is 30.3 Å². The molecule has 4 rings (SSSR count). The van der Waals surface area contributed by atoms with Crippen LogP contribution in [-0.2, 0) is 17.3 Å². The van der Waals surface area contributed by atoms with Gasteiger partial charge >= 0.3 is 12.3 Å². The van der Waals surface area contributed by atoms with Crippen LogP contribution in [0.15, 0.2) is 53.1 Å². The fourth-order valence-electron chi connectivity index (χ4n) is 4.31. The zero-order valence-corrected chi connectivity index (χ0v) is 21.8. The van der Waals surface area contributed by atoms with Gasteiger partial charge in [0.05, 0.1) is 18.1 Å². The first kappa shape index (κ1) is 27.5. The summed E-state index contributed by atoms with van der Waals surface area (Å²) >= 11 is 0. The highest BCUT2D eigenvalue weighted by Crippen LogP contribution is 2.39. The van der Waals surface area contributed by atoms with Crippen LogP contribution in [0, 0.1) is 0 Å². The van der Waals surface area contributed by atoms with Crippen LogP contribution in [0.2, 0.25) is 0 Å². The monoisotopic (exact) mass is 531 g/mol. The normalized spacial score (nSPS) is 16.4. The molecule has 1 atom stereocenters. The van der Waals surface area contributed by atoms with Gasteiger partial charge in [0.15, 0.2) is 0 Å². The molecular formula is C28H32F3N3O4. The quantitative estimate of drug-likeness (QED) is 0.309. The fourth-order valence-corrected chi connectivity index (χ4v) is 4.31. The van der Waals surface area contributed by atoms with Crippen LogP contribution in [0.1, 0.15) is 63.0 Å². The molecule has 10 heteroatoms. The van der Waals surface area contributed by atoms with Crippen molar-refractivity contribution in [2.24, 2.45) is 0 Å². The maximum Gasteiger partial charge on any atom is 0.419 e. The minimum absolute atomic E-state index is 0.0514. The summed E-state index contributed by atoms with van der Waals surface area (Å²) in [5.41, 5.74) is -0.239. The molecule has 2 heterocycles. The van der Waals surface area contributed by atoms with Crippen molar-refractivity contribution < 1.29 is 32.0 Å². The molecule has 1 fully saturated rings. The molecule has 3 aromatic rings. The molecule has 0 unspecified atom stereocenters. The molecule has 0 radical (unpaired) electrons. The van der Waals surface area contributed by atoms with Crippen LogP contribution in [0.5, 0.6) is 5.75 Å². The Bertz CT molecular complexity index is 1220. The van der Waals surface area contributed by atoms with Crippen molar-refractivity contribution in [3.8, 4) is 17.1 Å². The summed E-state index contributed by atoms with van der Waals surface area (Å²) in [5.74, 6) is -0.135. The first-order chi connectivity index (χ1) is 18.0. The number of aromatic nitrogens is 2. The first-order valence-electron chi connectivity index (χ1n) is 12.7. The Morgan fingerprint density at radius 2 is 1.89 bits per heavy atom. The average molecular weight is 532 g/mol. The minimum atomic E-state index is -4.62. The van der Waals surface area contributed by atoms with E-state index in [0.29, 0.717) is 32.4 Å². The van der Waals surface area contributed by atoms with Gasteiger partial charge in [-0.3, -0.25) is 0 Å². The number of hydrogen-bond acceptors (Lipinski definition) is 6. The molecule has 1 aromatic heterocycles. The molecule has 0 bridgehead atoms. The molecule has 0 N–H and O–H groups in total.